The lowest BCUT2D eigenvalue weighted by Gasteiger charge is -2.35. The molecule has 6 heteroatoms. The highest BCUT2D eigenvalue weighted by atomic mass is 16.7. The number of benzene rings is 1. The van der Waals surface area contributed by atoms with Crippen LogP contribution in [0, 0.1) is 17.8 Å². The van der Waals surface area contributed by atoms with Crippen LogP contribution < -0.4 is 9.47 Å². The van der Waals surface area contributed by atoms with Gasteiger partial charge in [0.05, 0.1) is 12.7 Å². The maximum atomic E-state index is 10.4. The molecule has 1 N–H and O–H groups in total. The molecule has 30 heavy (non-hydrogen) atoms. The molecule has 2 aliphatic carbocycles. The van der Waals surface area contributed by atoms with E-state index in [0.29, 0.717) is 19.9 Å². The fraction of sp³-hybridized carbons (Fsp3) is 0.750. The summed E-state index contributed by atoms with van der Waals surface area (Å²) in [5.74, 6) is 4.57. The van der Waals surface area contributed by atoms with Crippen molar-refractivity contribution in [1.29, 1.82) is 0 Å². The third-order valence-corrected chi connectivity index (χ3v) is 7.60. The lowest BCUT2D eigenvalue weighted by atomic mass is 9.87. The zero-order valence-electron chi connectivity index (χ0n) is 18.0. The summed E-state index contributed by atoms with van der Waals surface area (Å²) in [6, 6.07) is 6.21. The van der Waals surface area contributed by atoms with E-state index in [1.165, 1.54) is 37.7 Å². The number of nitrogens with zero attached hydrogens (tertiary/aromatic N) is 2. The molecule has 0 spiro atoms. The minimum absolute atomic E-state index is 0.324. The van der Waals surface area contributed by atoms with Crippen LogP contribution in [-0.2, 0) is 11.3 Å². The van der Waals surface area contributed by atoms with E-state index in [1.807, 2.05) is 6.07 Å². The van der Waals surface area contributed by atoms with Crippen LogP contribution in [0.15, 0.2) is 18.2 Å². The van der Waals surface area contributed by atoms with E-state index >= 15 is 0 Å². The van der Waals surface area contributed by atoms with E-state index in [9.17, 15) is 5.11 Å². The number of rotatable bonds is 9. The number of hydrogen-bond donors (Lipinski definition) is 1. The van der Waals surface area contributed by atoms with Crippen molar-refractivity contribution in [1.82, 2.24) is 9.80 Å². The second-order valence-corrected chi connectivity index (χ2v) is 9.72. The molecule has 6 nitrogen and oxygen atoms in total. The summed E-state index contributed by atoms with van der Waals surface area (Å²) in [6.45, 7) is 7.28. The van der Waals surface area contributed by atoms with Crippen molar-refractivity contribution in [2.45, 2.75) is 44.8 Å². The van der Waals surface area contributed by atoms with Gasteiger partial charge in [-0.05, 0) is 61.1 Å². The van der Waals surface area contributed by atoms with Gasteiger partial charge >= 0.3 is 0 Å². The van der Waals surface area contributed by atoms with Gasteiger partial charge in [0, 0.05) is 45.9 Å². The SMILES string of the molecule is O[C@@H](COCC[C@@H]1C[C@H]2CC[C@H]1C2)CN1CCN(Cc2ccc3c(c2)OCO3)CC1. The van der Waals surface area contributed by atoms with Gasteiger partial charge in [-0.1, -0.05) is 12.5 Å². The first kappa shape index (κ1) is 20.6. The van der Waals surface area contributed by atoms with Gasteiger partial charge in [0.25, 0.3) is 0 Å². The van der Waals surface area contributed by atoms with E-state index in [-0.39, 0.29) is 6.10 Å². The maximum Gasteiger partial charge on any atom is 0.231 e. The number of hydrogen-bond acceptors (Lipinski definition) is 6. The van der Waals surface area contributed by atoms with E-state index < -0.39 is 0 Å². The van der Waals surface area contributed by atoms with E-state index in [4.69, 9.17) is 14.2 Å². The van der Waals surface area contributed by atoms with Gasteiger partial charge < -0.3 is 19.3 Å². The van der Waals surface area contributed by atoms with Crippen molar-refractivity contribution >= 4 is 0 Å². The number of ether oxygens (including phenoxy) is 3. The van der Waals surface area contributed by atoms with Gasteiger partial charge in [0.15, 0.2) is 11.5 Å². The maximum absolute atomic E-state index is 10.4. The van der Waals surface area contributed by atoms with Gasteiger partial charge in [-0.15, -0.1) is 0 Å². The topological polar surface area (TPSA) is 54.4 Å². The molecular weight excluding hydrogens is 380 g/mol. The summed E-state index contributed by atoms with van der Waals surface area (Å²) < 4.78 is 16.7. The highest BCUT2D eigenvalue weighted by Gasteiger charge is 2.38. The fourth-order valence-electron chi connectivity index (χ4n) is 5.96. The second-order valence-electron chi connectivity index (χ2n) is 9.72. The number of aliphatic hydroxyl groups excluding tert-OH is 1. The average molecular weight is 417 g/mol. The Morgan fingerprint density at radius 1 is 1.03 bits per heavy atom. The first-order valence-corrected chi connectivity index (χ1v) is 11.8. The molecule has 2 aliphatic heterocycles. The van der Waals surface area contributed by atoms with Crippen LogP contribution in [0.5, 0.6) is 11.5 Å². The summed E-state index contributed by atoms with van der Waals surface area (Å²) in [5, 5.41) is 10.4. The Balaban J connectivity index is 0.960. The molecule has 166 valence electrons. The van der Waals surface area contributed by atoms with Crippen LogP contribution in [0.2, 0.25) is 0 Å². The quantitative estimate of drug-likeness (QED) is 0.625. The van der Waals surface area contributed by atoms with E-state index in [0.717, 1.165) is 68.6 Å². The van der Waals surface area contributed by atoms with E-state index in [2.05, 4.69) is 21.9 Å². The summed E-state index contributed by atoms with van der Waals surface area (Å²) in [5.41, 5.74) is 1.26. The molecule has 2 bridgehead atoms. The molecule has 0 amide bonds. The predicted octanol–water partition coefficient (Wildman–Crippen LogP) is 2.74. The third-order valence-electron chi connectivity index (χ3n) is 7.60. The van der Waals surface area contributed by atoms with Crippen molar-refractivity contribution in [2.24, 2.45) is 17.8 Å². The first-order chi connectivity index (χ1) is 14.7. The number of aliphatic hydroxyl groups is 1. The summed E-state index contributed by atoms with van der Waals surface area (Å²) >= 11 is 0. The molecule has 5 rings (SSSR count). The molecular formula is C24H36N2O4. The molecule has 4 aliphatic rings. The zero-order valence-corrected chi connectivity index (χ0v) is 18.0. The largest absolute Gasteiger partial charge is 0.454 e. The van der Waals surface area contributed by atoms with Crippen LogP contribution in [-0.4, -0.2) is 73.7 Å². The summed E-state index contributed by atoms with van der Waals surface area (Å²) in [4.78, 5) is 4.83. The Labute approximate surface area is 180 Å². The van der Waals surface area contributed by atoms with Crippen LogP contribution in [0.25, 0.3) is 0 Å². The lowest BCUT2D eigenvalue weighted by Crippen LogP contribution is -2.48. The summed E-state index contributed by atoms with van der Waals surface area (Å²) in [7, 11) is 0. The molecule has 3 fully saturated rings. The predicted molar refractivity (Wildman–Crippen MR) is 115 cm³/mol. The molecule has 0 radical (unpaired) electrons. The van der Waals surface area contributed by atoms with Gasteiger partial charge in [0.2, 0.25) is 6.79 Å². The lowest BCUT2D eigenvalue weighted by molar-refractivity contribution is 0.00187. The van der Waals surface area contributed by atoms with Crippen molar-refractivity contribution in [2.75, 3.05) is 52.7 Å². The van der Waals surface area contributed by atoms with Gasteiger partial charge in [-0.25, -0.2) is 0 Å². The summed E-state index contributed by atoms with van der Waals surface area (Å²) in [6.07, 6.45) is 6.60. The Hall–Kier alpha value is -1.34. The number of fused-ring (bicyclic) bond motifs is 3. The molecule has 4 atom stereocenters. The van der Waals surface area contributed by atoms with Crippen molar-refractivity contribution in [3.05, 3.63) is 23.8 Å². The van der Waals surface area contributed by atoms with Crippen LogP contribution in [0.4, 0.5) is 0 Å². The average Bonchev–Trinajstić information content (AvgIpc) is 3.49. The molecule has 1 saturated heterocycles. The number of β-amino-alcohol motifs (C(OH)–C–C–N with tert-alkyl or cyclic N) is 1. The number of piperazine rings is 1. The Morgan fingerprint density at radius 2 is 1.87 bits per heavy atom. The van der Waals surface area contributed by atoms with Gasteiger partial charge in [-0.2, -0.15) is 0 Å². The Kier molecular flexibility index (Phi) is 6.46. The van der Waals surface area contributed by atoms with Crippen molar-refractivity contribution in [3.8, 4) is 11.5 Å². The Bertz CT molecular complexity index is 706. The molecule has 2 heterocycles. The minimum Gasteiger partial charge on any atom is -0.454 e. The Morgan fingerprint density at radius 3 is 2.67 bits per heavy atom. The molecule has 1 aromatic rings. The van der Waals surface area contributed by atoms with E-state index in [1.54, 1.807) is 0 Å². The minimum atomic E-state index is -0.384. The van der Waals surface area contributed by atoms with Crippen LogP contribution >= 0.6 is 0 Å². The second kappa shape index (κ2) is 9.43. The fourth-order valence-corrected chi connectivity index (χ4v) is 5.96. The monoisotopic (exact) mass is 416 g/mol. The first-order valence-electron chi connectivity index (χ1n) is 11.8. The standard InChI is InChI=1S/C24H36N2O4/c27-22(16-28-10-5-21-12-18-1-3-20(21)11-18)15-26-8-6-25(7-9-26)14-19-2-4-23-24(13-19)30-17-29-23/h2,4,13,18,20-22,27H,1,3,5-12,14-17H2/t18-,20-,21+,22+/m0/s1. The molecule has 0 unspecified atom stereocenters. The third kappa shape index (κ3) is 4.93. The van der Waals surface area contributed by atoms with Gasteiger partial charge in [-0.3, -0.25) is 9.80 Å². The van der Waals surface area contributed by atoms with Crippen molar-refractivity contribution < 1.29 is 19.3 Å². The molecule has 1 aromatic carbocycles. The van der Waals surface area contributed by atoms with Gasteiger partial charge in [0.1, 0.15) is 0 Å². The zero-order chi connectivity index (χ0) is 20.3. The normalized spacial score (nSPS) is 29.6. The molecule has 2 saturated carbocycles. The molecule has 0 aromatic heterocycles. The highest BCUT2D eigenvalue weighted by molar-refractivity contribution is 5.44. The van der Waals surface area contributed by atoms with Crippen LogP contribution in [0.3, 0.4) is 0 Å². The van der Waals surface area contributed by atoms with Crippen molar-refractivity contribution in [3.63, 3.8) is 0 Å². The smallest absolute Gasteiger partial charge is 0.231 e. The highest BCUT2D eigenvalue weighted by Crippen LogP contribution is 2.49. The van der Waals surface area contributed by atoms with Crippen LogP contribution in [0.1, 0.15) is 37.7 Å².